The topological polar surface area (TPSA) is 33.1 Å². The van der Waals surface area contributed by atoms with Gasteiger partial charge in [-0.15, -0.1) is 0 Å². The second kappa shape index (κ2) is 7.26. The fourth-order valence-corrected chi connectivity index (χ4v) is 2.60. The maximum Gasteiger partial charge on any atom is 0.0696 e. The van der Waals surface area contributed by atoms with Gasteiger partial charge in [0.15, 0.2) is 0 Å². The zero-order chi connectivity index (χ0) is 13.7. The molecule has 0 saturated carbocycles. The van der Waals surface area contributed by atoms with Crippen LogP contribution in [0.5, 0.6) is 0 Å². The summed E-state index contributed by atoms with van der Waals surface area (Å²) in [6.07, 6.45) is 3.01. The highest BCUT2D eigenvalue weighted by Gasteiger charge is 2.19. The molecule has 0 spiro atoms. The molecule has 0 bridgehead atoms. The Hall–Kier alpha value is -0.390. The van der Waals surface area contributed by atoms with Gasteiger partial charge in [0.1, 0.15) is 0 Å². The molecule has 0 radical (unpaired) electrons. The van der Waals surface area contributed by atoms with E-state index in [0.29, 0.717) is 12.0 Å². The van der Waals surface area contributed by atoms with Gasteiger partial charge in [0, 0.05) is 6.54 Å². The number of nitrogens with zero attached hydrogens (tertiary/aromatic N) is 3. The van der Waals surface area contributed by atoms with Gasteiger partial charge in [0.25, 0.3) is 0 Å². The molecule has 5 heteroatoms. The number of nitrogens with one attached hydrogen (secondary N) is 1. The number of halogens is 1. The summed E-state index contributed by atoms with van der Waals surface area (Å²) >= 11 is 3.62. The normalized spacial score (nSPS) is 13.6. The third-order valence-electron chi connectivity index (χ3n) is 2.98. The van der Waals surface area contributed by atoms with Gasteiger partial charge in [-0.05, 0) is 49.4 Å². The minimum Gasteiger partial charge on any atom is -0.312 e. The predicted octanol–water partition coefficient (Wildman–Crippen LogP) is 2.51. The molecule has 4 nitrogen and oxygen atoms in total. The number of hydrogen-bond donors (Lipinski definition) is 1. The highest BCUT2D eigenvalue weighted by Crippen LogP contribution is 2.27. The SMILES string of the molecule is CNC(CC(C)C)c1c(Br)cnn1CCN(C)C. The van der Waals surface area contributed by atoms with Crippen molar-refractivity contribution >= 4 is 15.9 Å². The van der Waals surface area contributed by atoms with Crippen molar-refractivity contribution in [2.24, 2.45) is 5.92 Å². The first-order valence-electron chi connectivity index (χ1n) is 6.48. The second-order valence-electron chi connectivity index (χ2n) is 5.37. The van der Waals surface area contributed by atoms with E-state index in [1.165, 1.54) is 5.69 Å². The van der Waals surface area contributed by atoms with E-state index in [1.54, 1.807) is 0 Å². The van der Waals surface area contributed by atoms with Crippen LogP contribution in [0.15, 0.2) is 10.7 Å². The van der Waals surface area contributed by atoms with Crippen LogP contribution in [-0.4, -0.2) is 42.4 Å². The molecule has 1 aromatic heterocycles. The van der Waals surface area contributed by atoms with Gasteiger partial charge >= 0.3 is 0 Å². The van der Waals surface area contributed by atoms with E-state index in [-0.39, 0.29) is 0 Å². The van der Waals surface area contributed by atoms with Crippen LogP contribution in [0.4, 0.5) is 0 Å². The Bertz CT molecular complexity index is 360. The Morgan fingerprint density at radius 2 is 2.11 bits per heavy atom. The van der Waals surface area contributed by atoms with Crippen molar-refractivity contribution in [3.8, 4) is 0 Å². The molecule has 1 heterocycles. The largest absolute Gasteiger partial charge is 0.312 e. The molecule has 18 heavy (non-hydrogen) atoms. The van der Waals surface area contributed by atoms with E-state index in [1.807, 2.05) is 13.2 Å². The van der Waals surface area contributed by atoms with Crippen LogP contribution in [-0.2, 0) is 6.54 Å². The summed E-state index contributed by atoms with van der Waals surface area (Å²) in [5, 5.41) is 7.87. The van der Waals surface area contributed by atoms with Crippen LogP contribution in [0.2, 0.25) is 0 Å². The lowest BCUT2D eigenvalue weighted by atomic mass is 10.0. The first kappa shape index (κ1) is 15.7. The van der Waals surface area contributed by atoms with Crippen LogP contribution >= 0.6 is 15.9 Å². The van der Waals surface area contributed by atoms with Gasteiger partial charge in [-0.25, -0.2) is 0 Å². The molecule has 104 valence electrons. The first-order chi connectivity index (χ1) is 8.45. The van der Waals surface area contributed by atoms with Gasteiger partial charge in [-0.1, -0.05) is 13.8 Å². The highest BCUT2D eigenvalue weighted by atomic mass is 79.9. The van der Waals surface area contributed by atoms with Gasteiger partial charge in [0.2, 0.25) is 0 Å². The Balaban J connectivity index is 2.87. The van der Waals surface area contributed by atoms with Crippen molar-refractivity contribution in [1.29, 1.82) is 0 Å². The third-order valence-corrected chi connectivity index (χ3v) is 3.59. The molecule has 0 amide bonds. The summed E-state index contributed by atoms with van der Waals surface area (Å²) in [5.74, 6) is 0.659. The number of rotatable bonds is 7. The van der Waals surface area contributed by atoms with Crippen LogP contribution in [0, 0.1) is 5.92 Å². The van der Waals surface area contributed by atoms with E-state index in [0.717, 1.165) is 24.0 Å². The van der Waals surface area contributed by atoms with E-state index in [9.17, 15) is 0 Å². The quantitative estimate of drug-likeness (QED) is 0.839. The average Bonchev–Trinajstić information content (AvgIpc) is 2.64. The molecule has 1 unspecified atom stereocenters. The summed E-state index contributed by atoms with van der Waals surface area (Å²) in [7, 11) is 6.19. The van der Waals surface area contributed by atoms with Crippen molar-refractivity contribution in [3.63, 3.8) is 0 Å². The molecular weight excluding hydrogens is 292 g/mol. The van der Waals surface area contributed by atoms with E-state index < -0.39 is 0 Å². The van der Waals surface area contributed by atoms with Crippen molar-refractivity contribution in [2.45, 2.75) is 32.9 Å². The summed E-state index contributed by atoms with van der Waals surface area (Å²) in [6, 6.07) is 0.351. The van der Waals surface area contributed by atoms with Crippen molar-refractivity contribution in [1.82, 2.24) is 20.0 Å². The first-order valence-corrected chi connectivity index (χ1v) is 7.28. The Morgan fingerprint density at radius 3 is 2.61 bits per heavy atom. The lowest BCUT2D eigenvalue weighted by Gasteiger charge is -2.21. The molecule has 0 fully saturated rings. The number of likely N-dealkylation sites (N-methyl/N-ethyl adjacent to an activating group) is 1. The van der Waals surface area contributed by atoms with Gasteiger partial charge < -0.3 is 10.2 Å². The molecule has 1 rings (SSSR count). The minimum absolute atomic E-state index is 0.351. The zero-order valence-electron chi connectivity index (χ0n) is 12.1. The van der Waals surface area contributed by atoms with Crippen molar-refractivity contribution < 1.29 is 0 Å². The summed E-state index contributed by atoms with van der Waals surface area (Å²) in [4.78, 5) is 2.18. The molecular formula is C13H25BrN4. The lowest BCUT2D eigenvalue weighted by molar-refractivity contribution is 0.356. The second-order valence-corrected chi connectivity index (χ2v) is 6.23. The molecule has 0 aliphatic carbocycles. The highest BCUT2D eigenvalue weighted by molar-refractivity contribution is 9.10. The minimum atomic E-state index is 0.351. The maximum atomic E-state index is 4.47. The third kappa shape index (κ3) is 4.37. The van der Waals surface area contributed by atoms with Gasteiger partial charge in [-0.2, -0.15) is 5.10 Å². The molecule has 1 atom stereocenters. The zero-order valence-corrected chi connectivity index (χ0v) is 13.7. The van der Waals surface area contributed by atoms with Crippen LogP contribution in [0.3, 0.4) is 0 Å². The van der Waals surface area contributed by atoms with Gasteiger partial charge in [-0.3, -0.25) is 4.68 Å². The van der Waals surface area contributed by atoms with E-state index in [4.69, 9.17) is 0 Å². The van der Waals surface area contributed by atoms with E-state index >= 15 is 0 Å². The fraction of sp³-hybridized carbons (Fsp3) is 0.769. The predicted molar refractivity (Wildman–Crippen MR) is 79.7 cm³/mol. The fourth-order valence-electron chi connectivity index (χ4n) is 2.03. The Kier molecular flexibility index (Phi) is 6.32. The molecule has 0 saturated heterocycles. The Labute approximate surface area is 119 Å². The average molecular weight is 317 g/mol. The standard InChI is InChI=1S/C13H25BrN4/c1-10(2)8-12(15-3)13-11(14)9-16-18(13)7-6-17(4)5/h9-10,12,15H,6-8H2,1-5H3. The number of aromatic nitrogens is 2. The smallest absolute Gasteiger partial charge is 0.0696 e. The van der Waals surface area contributed by atoms with E-state index in [2.05, 4.69) is 63.9 Å². The van der Waals surface area contributed by atoms with Crippen molar-refractivity contribution in [3.05, 3.63) is 16.4 Å². The summed E-state index contributed by atoms with van der Waals surface area (Å²) in [5.41, 5.74) is 1.26. The monoisotopic (exact) mass is 316 g/mol. The van der Waals surface area contributed by atoms with Gasteiger partial charge in [0.05, 0.1) is 29.0 Å². The molecule has 0 aromatic carbocycles. The molecule has 0 aliphatic heterocycles. The molecule has 0 aliphatic rings. The maximum absolute atomic E-state index is 4.47. The van der Waals surface area contributed by atoms with Crippen LogP contribution < -0.4 is 5.32 Å². The van der Waals surface area contributed by atoms with Crippen molar-refractivity contribution in [2.75, 3.05) is 27.7 Å². The number of hydrogen-bond acceptors (Lipinski definition) is 3. The van der Waals surface area contributed by atoms with Crippen LogP contribution in [0.25, 0.3) is 0 Å². The summed E-state index contributed by atoms with van der Waals surface area (Å²) in [6.45, 7) is 6.42. The molecule has 1 N–H and O–H groups in total. The summed E-state index contributed by atoms with van der Waals surface area (Å²) < 4.78 is 3.20. The van der Waals surface area contributed by atoms with Crippen LogP contribution in [0.1, 0.15) is 32.0 Å². The lowest BCUT2D eigenvalue weighted by Crippen LogP contribution is -2.25. The Morgan fingerprint density at radius 1 is 1.44 bits per heavy atom. The molecule has 1 aromatic rings.